The number of sulfonamides is 1. The van der Waals surface area contributed by atoms with Crippen LogP contribution in [0.5, 0.6) is 0 Å². The topological polar surface area (TPSA) is 80.6 Å². The number of fused-ring (bicyclic) bond motifs is 1. The first kappa shape index (κ1) is 16.8. The molecule has 1 fully saturated rings. The fourth-order valence-electron chi connectivity index (χ4n) is 2.96. The van der Waals surface area contributed by atoms with Gasteiger partial charge in [-0.2, -0.15) is 4.31 Å². The first-order valence-electron chi connectivity index (χ1n) is 7.99. The van der Waals surface area contributed by atoms with Gasteiger partial charge in [-0.25, -0.2) is 8.42 Å². The van der Waals surface area contributed by atoms with E-state index >= 15 is 0 Å². The van der Waals surface area contributed by atoms with Gasteiger partial charge in [-0.1, -0.05) is 5.21 Å². The Kier molecular flexibility index (Phi) is 4.73. The molecular formula is C14H25N5O3S. The number of hydrogen-bond acceptors (Lipinski definition) is 6. The van der Waals surface area contributed by atoms with Crippen molar-refractivity contribution in [3.8, 4) is 0 Å². The average molecular weight is 343 g/mol. The molecule has 0 unspecified atom stereocenters. The average Bonchev–Trinajstić information content (AvgIpc) is 3.28. The Morgan fingerprint density at radius 1 is 1.35 bits per heavy atom. The number of likely N-dealkylation sites (N-methyl/N-ethyl adjacent to an activating group) is 1. The summed E-state index contributed by atoms with van der Waals surface area (Å²) in [5.41, 5.74) is 1.75. The fraction of sp³-hybridized carbons (Fsp3) is 0.857. The Labute approximate surface area is 137 Å². The van der Waals surface area contributed by atoms with Crippen molar-refractivity contribution in [1.29, 1.82) is 0 Å². The minimum absolute atomic E-state index is 0.0190. The molecule has 1 aliphatic heterocycles. The Balaban J connectivity index is 1.72. The van der Waals surface area contributed by atoms with Crippen LogP contribution >= 0.6 is 0 Å². The van der Waals surface area contributed by atoms with Gasteiger partial charge >= 0.3 is 0 Å². The van der Waals surface area contributed by atoms with Gasteiger partial charge in [-0.05, 0) is 26.9 Å². The molecule has 1 aliphatic carbocycles. The highest BCUT2D eigenvalue weighted by Gasteiger charge is 2.43. The molecule has 0 bridgehead atoms. The zero-order valence-electron chi connectivity index (χ0n) is 14.0. The first-order chi connectivity index (χ1) is 10.9. The smallest absolute Gasteiger partial charge is 0.217 e. The van der Waals surface area contributed by atoms with E-state index in [2.05, 4.69) is 15.2 Å². The molecule has 0 aromatic carbocycles. The molecule has 1 aromatic rings. The molecule has 9 heteroatoms. The van der Waals surface area contributed by atoms with Gasteiger partial charge in [0, 0.05) is 26.1 Å². The molecule has 0 radical (unpaired) electrons. The Hall–Kier alpha value is -1.03. The molecule has 1 atom stereocenters. The van der Waals surface area contributed by atoms with E-state index in [1.54, 1.807) is 8.99 Å². The van der Waals surface area contributed by atoms with Crippen molar-refractivity contribution in [2.75, 3.05) is 40.4 Å². The fourth-order valence-corrected chi connectivity index (χ4v) is 4.80. The summed E-state index contributed by atoms with van der Waals surface area (Å²) < 4.78 is 34.2. The highest BCUT2D eigenvalue weighted by molar-refractivity contribution is 7.90. The monoisotopic (exact) mass is 343 g/mol. The lowest BCUT2D eigenvalue weighted by molar-refractivity contribution is 0.0952. The summed E-state index contributed by atoms with van der Waals surface area (Å²) in [5.74, 6) is -0.0190. The number of aromatic nitrogens is 3. The second-order valence-electron chi connectivity index (χ2n) is 6.66. The Morgan fingerprint density at radius 2 is 2.09 bits per heavy atom. The van der Waals surface area contributed by atoms with Gasteiger partial charge < -0.3 is 9.64 Å². The maximum absolute atomic E-state index is 12.6. The van der Waals surface area contributed by atoms with Crippen molar-refractivity contribution in [3.63, 3.8) is 0 Å². The predicted molar refractivity (Wildman–Crippen MR) is 85.5 cm³/mol. The van der Waals surface area contributed by atoms with Crippen LogP contribution in [0.15, 0.2) is 0 Å². The molecule has 8 nitrogen and oxygen atoms in total. The van der Waals surface area contributed by atoms with E-state index in [-0.39, 0.29) is 11.2 Å². The van der Waals surface area contributed by atoms with Crippen LogP contribution in [0, 0.1) is 0 Å². The SMILES string of the molecule is CN(C)CCOC[C@@H]1CN(S(=O)(=O)C2CC2)Cc2nnn(C)c21. The summed E-state index contributed by atoms with van der Waals surface area (Å²) in [6, 6.07) is 0. The highest BCUT2D eigenvalue weighted by Crippen LogP contribution is 2.35. The van der Waals surface area contributed by atoms with Crippen molar-refractivity contribution in [1.82, 2.24) is 24.2 Å². The van der Waals surface area contributed by atoms with E-state index in [9.17, 15) is 8.42 Å². The number of aryl methyl sites for hydroxylation is 1. The van der Waals surface area contributed by atoms with Crippen molar-refractivity contribution in [2.45, 2.75) is 30.6 Å². The largest absolute Gasteiger partial charge is 0.379 e. The molecule has 3 rings (SSSR count). The van der Waals surface area contributed by atoms with Gasteiger partial charge in [-0.15, -0.1) is 5.10 Å². The summed E-state index contributed by atoms with van der Waals surface area (Å²) in [4.78, 5) is 2.06. The van der Waals surface area contributed by atoms with Crippen LogP contribution in [0.4, 0.5) is 0 Å². The van der Waals surface area contributed by atoms with Crippen LogP contribution in [-0.2, 0) is 28.4 Å². The van der Waals surface area contributed by atoms with E-state index in [0.717, 1.165) is 30.8 Å². The molecule has 2 aliphatic rings. The number of ether oxygens (including phenoxy) is 1. The van der Waals surface area contributed by atoms with Gasteiger partial charge in [0.1, 0.15) is 5.69 Å². The molecule has 1 saturated carbocycles. The van der Waals surface area contributed by atoms with Crippen molar-refractivity contribution >= 4 is 10.0 Å². The van der Waals surface area contributed by atoms with Gasteiger partial charge in [0.25, 0.3) is 0 Å². The zero-order valence-corrected chi connectivity index (χ0v) is 14.8. The van der Waals surface area contributed by atoms with Crippen LogP contribution < -0.4 is 0 Å². The zero-order chi connectivity index (χ0) is 16.6. The van der Waals surface area contributed by atoms with Crippen LogP contribution in [0.2, 0.25) is 0 Å². The van der Waals surface area contributed by atoms with Crippen molar-refractivity contribution in [2.24, 2.45) is 7.05 Å². The molecule has 0 saturated heterocycles. The predicted octanol–water partition coefficient (Wildman–Crippen LogP) is -0.215. The number of nitrogens with zero attached hydrogens (tertiary/aromatic N) is 5. The molecule has 23 heavy (non-hydrogen) atoms. The van der Waals surface area contributed by atoms with Gasteiger partial charge in [0.2, 0.25) is 10.0 Å². The summed E-state index contributed by atoms with van der Waals surface area (Å²) in [6.45, 7) is 2.73. The van der Waals surface area contributed by atoms with Crippen molar-refractivity contribution in [3.05, 3.63) is 11.4 Å². The lowest BCUT2D eigenvalue weighted by Crippen LogP contribution is -2.41. The van der Waals surface area contributed by atoms with Crippen LogP contribution in [-0.4, -0.2) is 78.3 Å². The van der Waals surface area contributed by atoms with Crippen LogP contribution in [0.3, 0.4) is 0 Å². The molecule has 0 amide bonds. The van der Waals surface area contributed by atoms with Gasteiger partial charge in [-0.3, -0.25) is 4.68 Å². The van der Waals surface area contributed by atoms with Crippen molar-refractivity contribution < 1.29 is 13.2 Å². The van der Waals surface area contributed by atoms with E-state index in [1.807, 2.05) is 21.1 Å². The minimum Gasteiger partial charge on any atom is -0.379 e. The normalized spacial score (nSPS) is 22.5. The summed E-state index contributed by atoms with van der Waals surface area (Å²) in [7, 11) is 2.64. The lowest BCUT2D eigenvalue weighted by Gasteiger charge is -2.31. The third-order valence-corrected chi connectivity index (χ3v) is 6.70. The van der Waals surface area contributed by atoms with Gasteiger partial charge in [0.05, 0.1) is 30.7 Å². The maximum atomic E-state index is 12.6. The molecule has 0 spiro atoms. The van der Waals surface area contributed by atoms with E-state index < -0.39 is 10.0 Å². The highest BCUT2D eigenvalue weighted by atomic mass is 32.2. The third-order valence-electron chi connectivity index (χ3n) is 4.39. The second kappa shape index (κ2) is 6.46. The third kappa shape index (κ3) is 3.57. The van der Waals surface area contributed by atoms with Crippen LogP contribution in [0.1, 0.15) is 30.1 Å². The summed E-state index contributed by atoms with van der Waals surface area (Å²) >= 11 is 0. The molecular weight excluding hydrogens is 318 g/mol. The molecule has 1 aromatic heterocycles. The minimum atomic E-state index is -3.21. The molecule has 2 heterocycles. The Morgan fingerprint density at radius 3 is 2.74 bits per heavy atom. The summed E-state index contributed by atoms with van der Waals surface area (Å²) in [5, 5.41) is 8.01. The second-order valence-corrected chi connectivity index (χ2v) is 8.87. The summed E-state index contributed by atoms with van der Waals surface area (Å²) in [6.07, 6.45) is 1.55. The first-order valence-corrected chi connectivity index (χ1v) is 9.49. The number of hydrogen-bond donors (Lipinski definition) is 0. The van der Waals surface area contributed by atoms with E-state index in [4.69, 9.17) is 4.74 Å². The Bertz CT molecular complexity index is 653. The standard InChI is InChI=1S/C14H25N5O3S/c1-17(2)6-7-22-10-11-8-19(23(20,21)12-4-5-12)9-13-14(11)18(3)16-15-13/h11-12H,4-10H2,1-3H3/t11-/m0/s1. The van der Waals surface area contributed by atoms with E-state index in [1.165, 1.54) is 0 Å². The maximum Gasteiger partial charge on any atom is 0.217 e. The van der Waals surface area contributed by atoms with Gasteiger partial charge in [0.15, 0.2) is 0 Å². The quantitative estimate of drug-likeness (QED) is 0.637. The lowest BCUT2D eigenvalue weighted by atomic mass is 10.0. The molecule has 0 N–H and O–H groups in total. The van der Waals surface area contributed by atoms with E-state index in [0.29, 0.717) is 26.3 Å². The van der Waals surface area contributed by atoms with Crippen LogP contribution in [0.25, 0.3) is 0 Å². The number of rotatable bonds is 7. The molecule has 130 valence electrons.